The van der Waals surface area contributed by atoms with Crippen LogP contribution in [0.1, 0.15) is 41.4 Å². The normalized spacial score (nSPS) is 19.0. The van der Waals surface area contributed by atoms with Crippen molar-refractivity contribution in [1.29, 1.82) is 0 Å². The van der Waals surface area contributed by atoms with Gasteiger partial charge in [0.2, 0.25) is 11.5 Å². The highest BCUT2D eigenvalue weighted by Crippen LogP contribution is 2.45. The molecule has 1 atom stereocenters. The summed E-state index contributed by atoms with van der Waals surface area (Å²) in [4.78, 5) is 30.4. The Kier molecular flexibility index (Phi) is 7.12. The van der Waals surface area contributed by atoms with Crippen LogP contribution in [0, 0.1) is 0 Å². The number of aliphatic hydroxyl groups is 1. The van der Waals surface area contributed by atoms with Gasteiger partial charge < -0.3 is 33.5 Å². The van der Waals surface area contributed by atoms with E-state index in [2.05, 4.69) is 4.90 Å². The van der Waals surface area contributed by atoms with Crippen LogP contribution in [-0.4, -0.2) is 74.1 Å². The average molecular weight is 471 g/mol. The van der Waals surface area contributed by atoms with Gasteiger partial charge in [-0.25, -0.2) is 0 Å². The Morgan fingerprint density at radius 3 is 2.29 bits per heavy atom. The summed E-state index contributed by atoms with van der Waals surface area (Å²) in [5.41, 5.74) is 0.522. The number of ketones is 1. The zero-order chi connectivity index (χ0) is 24.2. The quantitative estimate of drug-likeness (QED) is 0.557. The second-order valence-electron chi connectivity index (χ2n) is 8.33. The van der Waals surface area contributed by atoms with Crippen molar-refractivity contribution >= 4 is 11.7 Å². The third kappa shape index (κ3) is 4.35. The van der Waals surface area contributed by atoms with Crippen LogP contribution in [0.25, 0.3) is 0 Å². The third-order valence-corrected chi connectivity index (χ3v) is 6.40. The van der Waals surface area contributed by atoms with Crippen molar-refractivity contribution in [3.63, 3.8) is 0 Å². The minimum absolute atomic E-state index is 0.0344. The SMILES string of the molecule is COc1cc(C2C(C(=O)c3ccco3)=C(O)C(=O)N2CCN2CCCCC2)cc(OC)c1OC. The molecule has 1 saturated heterocycles. The van der Waals surface area contributed by atoms with Gasteiger partial charge in [0.1, 0.15) is 0 Å². The smallest absolute Gasteiger partial charge is 0.290 e. The summed E-state index contributed by atoms with van der Waals surface area (Å²) < 4.78 is 21.7. The number of carbonyl (C=O) groups excluding carboxylic acids is 2. The lowest BCUT2D eigenvalue weighted by atomic mass is 9.94. The fraction of sp³-hybridized carbons (Fsp3) is 0.440. The minimum Gasteiger partial charge on any atom is -0.503 e. The monoisotopic (exact) mass is 470 g/mol. The molecular weight excluding hydrogens is 440 g/mol. The maximum absolute atomic E-state index is 13.3. The van der Waals surface area contributed by atoms with E-state index in [4.69, 9.17) is 18.6 Å². The fourth-order valence-corrected chi connectivity index (χ4v) is 4.69. The van der Waals surface area contributed by atoms with E-state index in [0.717, 1.165) is 25.9 Å². The summed E-state index contributed by atoms with van der Waals surface area (Å²) in [5.74, 6) is -0.498. The molecule has 1 N–H and O–H groups in total. The number of hydrogen-bond donors (Lipinski definition) is 1. The topological polar surface area (TPSA) is 102 Å². The van der Waals surface area contributed by atoms with Crippen molar-refractivity contribution in [3.8, 4) is 17.2 Å². The Hall–Kier alpha value is -3.46. The molecule has 3 heterocycles. The number of carbonyl (C=O) groups is 2. The predicted octanol–water partition coefficient (Wildman–Crippen LogP) is 3.37. The van der Waals surface area contributed by atoms with Gasteiger partial charge in [-0.2, -0.15) is 0 Å². The van der Waals surface area contributed by atoms with Crippen LogP contribution < -0.4 is 14.2 Å². The Morgan fingerprint density at radius 2 is 1.74 bits per heavy atom. The molecule has 2 aliphatic rings. The first-order valence-corrected chi connectivity index (χ1v) is 11.3. The van der Waals surface area contributed by atoms with E-state index in [1.807, 2.05) is 0 Å². The van der Waals surface area contributed by atoms with Crippen LogP contribution in [0.4, 0.5) is 0 Å². The van der Waals surface area contributed by atoms with Gasteiger partial charge in [-0.15, -0.1) is 0 Å². The number of amides is 1. The van der Waals surface area contributed by atoms with E-state index in [1.54, 1.807) is 18.2 Å². The number of benzene rings is 1. The number of methoxy groups -OCH3 is 3. The largest absolute Gasteiger partial charge is 0.503 e. The van der Waals surface area contributed by atoms with Crippen molar-refractivity contribution < 1.29 is 33.3 Å². The van der Waals surface area contributed by atoms with Gasteiger partial charge in [0.15, 0.2) is 23.0 Å². The second kappa shape index (κ2) is 10.2. The van der Waals surface area contributed by atoms with Crippen molar-refractivity contribution in [2.24, 2.45) is 0 Å². The highest BCUT2D eigenvalue weighted by molar-refractivity contribution is 6.15. The zero-order valence-electron chi connectivity index (χ0n) is 19.7. The summed E-state index contributed by atoms with van der Waals surface area (Å²) in [5, 5.41) is 10.8. The molecule has 0 radical (unpaired) electrons. The number of aliphatic hydroxyl groups excluding tert-OH is 1. The van der Waals surface area contributed by atoms with Gasteiger partial charge in [-0.3, -0.25) is 9.59 Å². The molecule has 1 aromatic carbocycles. The van der Waals surface area contributed by atoms with E-state index in [9.17, 15) is 14.7 Å². The van der Waals surface area contributed by atoms with Crippen LogP contribution in [-0.2, 0) is 4.79 Å². The second-order valence-corrected chi connectivity index (χ2v) is 8.33. The molecule has 9 nitrogen and oxygen atoms in total. The first-order chi connectivity index (χ1) is 16.5. The van der Waals surface area contributed by atoms with Crippen LogP contribution >= 0.6 is 0 Å². The number of hydrogen-bond acceptors (Lipinski definition) is 8. The van der Waals surface area contributed by atoms with Gasteiger partial charge in [0.25, 0.3) is 5.91 Å². The number of furan rings is 1. The Bertz CT molecular complexity index is 1050. The molecular formula is C25H30N2O7. The standard InChI is InChI=1S/C25H30N2O7/c1-31-18-14-16(15-19(32-2)24(18)33-3)21-20(22(28)17-8-7-13-34-17)23(29)25(30)27(21)12-11-26-9-5-4-6-10-26/h7-8,13-15,21,29H,4-6,9-12H2,1-3H3. The molecule has 0 saturated carbocycles. The maximum Gasteiger partial charge on any atom is 0.290 e. The lowest BCUT2D eigenvalue weighted by Crippen LogP contribution is -2.40. The summed E-state index contributed by atoms with van der Waals surface area (Å²) in [6, 6.07) is 5.64. The summed E-state index contributed by atoms with van der Waals surface area (Å²) >= 11 is 0. The summed E-state index contributed by atoms with van der Waals surface area (Å²) in [6.45, 7) is 2.92. The number of likely N-dealkylation sites (tertiary alicyclic amines) is 1. The van der Waals surface area contributed by atoms with Crippen molar-refractivity contribution in [2.75, 3.05) is 47.5 Å². The summed E-state index contributed by atoms with van der Waals surface area (Å²) in [7, 11) is 4.50. The first-order valence-electron chi connectivity index (χ1n) is 11.3. The van der Waals surface area contributed by atoms with E-state index in [1.165, 1.54) is 45.0 Å². The Morgan fingerprint density at radius 1 is 1.06 bits per heavy atom. The number of piperidine rings is 1. The highest BCUT2D eigenvalue weighted by Gasteiger charge is 2.45. The molecule has 2 aromatic rings. The van der Waals surface area contributed by atoms with Gasteiger partial charge in [-0.1, -0.05) is 6.42 Å². The van der Waals surface area contributed by atoms with Crippen molar-refractivity contribution in [3.05, 3.63) is 53.2 Å². The molecule has 34 heavy (non-hydrogen) atoms. The zero-order valence-corrected chi connectivity index (χ0v) is 19.7. The lowest BCUT2D eigenvalue weighted by molar-refractivity contribution is -0.129. The number of Topliss-reactive ketones (excluding diaryl/α,β-unsaturated/α-hetero) is 1. The van der Waals surface area contributed by atoms with Gasteiger partial charge >= 0.3 is 0 Å². The van der Waals surface area contributed by atoms with E-state index in [0.29, 0.717) is 35.9 Å². The van der Waals surface area contributed by atoms with Crippen molar-refractivity contribution in [2.45, 2.75) is 25.3 Å². The van der Waals surface area contributed by atoms with Crippen LogP contribution in [0.15, 0.2) is 46.3 Å². The van der Waals surface area contributed by atoms with Gasteiger partial charge in [0, 0.05) is 13.1 Å². The van der Waals surface area contributed by atoms with E-state index in [-0.39, 0.29) is 11.3 Å². The maximum atomic E-state index is 13.3. The number of rotatable bonds is 9. The Balaban J connectivity index is 1.77. The predicted molar refractivity (Wildman–Crippen MR) is 124 cm³/mol. The average Bonchev–Trinajstić information content (AvgIpc) is 3.49. The summed E-state index contributed by atoms with van der Waals surface area (Å²) in [6.07, 6.45) is 4.83. The van der Waals surface area contributed by atoms with Gasteiger partial charge in [-0.05, 0) is 55.8 Å². The van der Waals surface area contributed by atoms with Gasteiger partial charge in [0.05, 0.1) is 39.2 Å². The number of nitrogens with zero attached hydrogens (tertiary/aromatic N) is 2. The third-order valence-electron chi connectivity index (χ3n) is 6.40. The van der Waals surface area contributed by atoms with Crippen LogP contribution in [0.2, 0.25) is 0 Å². The first kappa shape index (κ1) is 23.7. The molecule has 182 valence electrons. The lowest BCUT2D eigenvalue weighted by Gasteiger charge is -2.32. The van der Waals surface area contributed by atoms with E-state index >= 15 is 0 Å². The fourth-order valence-electron chi connectivity index (χ4n) is 4.69. The molecule has 1 amide bonds. The van der Waals surface area contributed by atoms with Crippen LogP contribution in [0.3, 0.4) is 0 Å². The molecule has 0 aliphatic carbocycles. The highest BCUT2D eigenvalue weighted by atomic mass is 16.5. The Labute approximate surface area is 198 Å². The van der Waals surface area contributed by atoms with Crippen molar-refractivity contribution in [1.82, 2.24) is 9.80 Å². The molecule has 1 aromatic heterocycles. The van der Waals surface area contributed by atoms with Crippen LogP contribution in [0.5, 0.6) is 17.2 Å². The molecule has 0 bridgehead atoms. The molecule has 1 unspecified atom stereocenters. The molecule has 9 heteroatoms. The minimum atomic E-state index is -0.844. The molecule has 0 spiro atoms. The molecule has 4 rings (SSSR count). The molecule has 1 fully saturated rings. The van der Waals surface area contributed by atoms with E-state index < -0.39 is 23.5 Å². The molecule has 2 aliphatic heterocycles. The number of ether oxygens (including phenoxy) is 3.